The lowest BCUT2D eigenvalue weighted by Crippen LogP contribution is -2.75. The number of hydrogen-bond acceptors (Lipinski definition) is 9. The molecule has 1 saturated heterocycles. The molecule has 2 amide bonds. The van der Waals surface area contributed by atoms with Crippen LogP contribution in [0.2, 0.25) is 0 Å². The molecule has 3 atom stereocenters. The van der Waals surface area contributed by atoms with E-state index in [1.165, 1.54) is 19.2 Å². The Morgan fingerprint density at radius 1 is 1.10 bits per heavy atom. The molecule has 0 aromatic heterocycles. The predicted octanol–water partition coefficient (Wildman–Crippen LogP) is 1.47. The maximum atomic E-state index is 13.0. The number of fused-ring (bicyclic) bond motifs is 1. The van der Waals surface area contributed by atoms with Gasteiger partial charge in [0, 0.05) is 0 Å². The van der Waals surface area contributed by atoms with Crippen molar-refractivity contribution >= 4 is 39.1 Å². The highest BCUT2D eigenvalue weighted by Crippen LogP contribution is 2.39. The molecule has 214 valence electrons. The van der Waals surface area contributed by atoms with Gasteiger partial charge >= 0.3 is 21.6 Å². The summed E-state index contributed by atoms with van der Waals surface area (Å²) >= 11 is -2.26. The average molecular weight is 603 g/mol. The molecule has 0 radical (unpaired) electrons. The molecule has 0 bridgehead atoms. The molecule has 0 aliphatic carbocycles. The maximum absolute atomic E-state index is 13.0. The quantitative estimate of drug-likeness (QED) is 0.148. The van der Waals surface area contributed by atoms with Crippen molar-refractivity contribution in [3.05, 3.63) is 77.2 Å². The SMILES string of the molecule is COc1ccc(COC(=O)C2=C(OS(=O)(=O)C(F)(F)F)C[S@+]([O-])[C@@H]3[C@H](NC(=O)Cc4ccccc4)C(=O)N23)cc1. The van der Waals surface area contributed by atoms with Gasteiger partial charge in [0.1, 0.15) is 12.4 Å². The topological polar surface area (TPSA) is 151 Å². The van der Waals surface area contributed by atoms with Crippen LogP contribution in [0.3, 0.4) is 0 Å². The standard InChI is InChI=1S/C24H21F3N2O9S2/c1-36-16-9-7-15(8-10-16)12-37-23(32)20-17(38-40(34,35)24(25,26)27)13-39(33)22-19(21(31)29(20)22)28-18(30)11-14-5-3-2-4-6-14/h2-10,19,22H,11-13H2,1H3,(H,28,30)/t19-,22-,39+/m1/s1. The highest BCUT2D eigenvalue weighted by Gasteiger charge is 2.63. The summed E-state index contributed by atoms with van der Waals surface area (Å²) in [7, 11) is -4.85. The Kier molecular flexibility index (Phi) is 8.32. The first kappa shape index (κ1) is 29.2. The van der Waals surface area contributed by atoms with Crippen LogP contribution in [-0.4, -0.2) is 65.4 Å². The molecule has 4 rings (SSSR count). The average Bonchev–Trinajstić information content (AvgIpc) is 2.90. The Bertz CT molecular complexity index is 1430. The molecular formula is C24H21F3N2O9S2. The summed E-state index contributed by atoms with van der Waals surface area (Å²) < 4.78 is 89.7. The van der Waals surface area contributed by atoms with Crippen molar-refractivity contribution in [2.24, 2.45) is 0 Å². The zero-order chi connectivity index (χ0) is 29.2. The number of nitrogens with one attached hydrogen (secondary N) is 1. The van der Waals surface area contributed by atoms with Gasteiger partial charge in [-0.25, -0.2) is 4.79 Å². The number of alkyl halides is 3. The number of ether oxygens (including phenoxy) is 2. The van der Waals surface area contributed by atoms with Crippen LogP contribution in [-0.2, 0) is 57.6 Å². The van der Waals surface area contributed by atoms with Crippen LogP contribution in [0.15, 0.2) is 66.1 Å². The van der Waals surface area contributed by atoms with Gasteiger partial charge in [-0.2, -0.15) is 21.6 Å². The summed E-state index contributed by atoms with van der Waals surface area (Å²) in [5.41, 5.74) is -5.78. The van der Waals surface area contributed by atoms with Crippen molar-refractivity contribution in [2.75, 3.05) is 12.9 Å². The summed E-state index contributed by atoms with van der Waals surface area (Å²) in [5, 5.41) is 1.03. The maximum Gasteiger partial charge on any atom is 0.534 e. The van der Waals surface area contributed by atoms with Gasteiger partial charge < -0.3 is 23.5 Å². The van der Waals surface area contributed by atoms with Crippen LogP contribution in [0.4, 0.5) is 13.2 Å². The smallest absolute Gasteiger partial charge is 0.534 e. The second-order valence-corrected chi connectivity index (χ2v) is 11.6. The number of hydrogen-bond donors (Lipinski definition) is 1. The fourth-order valence-electron chi connectivity index (χ4n) is 3.92. The van der Waals surface area contributed by atoms with Crippen molar-refractivity contribution in [1.29, 1.82) is 0 Å². The van der Waals surface area contributed by atoms with E-state index < -0.39 is 79.8 Å². The number of carbonyl (C=O) groups excluding carboxylic acids is 3. The molecule has 2 aliphatic heterocycles. The number of halogens is 3. The normalized spacial score (nSPS) is 20.8. The molecule has 11 nitrogen and oxygen atoms in total. The molecule has 1 fully saturated rings. The number of nitrogens with zero attached hydrogens (tertiary/aromatic N) is 1. The number of amides is 2. The molecule has 2 aromatic rings. The Balaban J connectivity index is 1.58. The van der Waals surface area contributed by atoms with Gasteiger partial charge in [0.05, 0.1) is 13.5 Å². The predicted molar refractivity (Wildman–Crippen MR) is 132 cm³/mol. The first-order valence-corrected chi connectivity index (χ1v) is 14.2. The molecule has 2 aliphatic rings. The minimum atomic E-state index is -6.29. The molecule has 2 heterocycles. The Morgan fingerprint density at radius 2 is 1.75 bits per heavy atom. The minimum Gasteiger partial charge on any atom is -0.614 e. The van der Waals surface area contributed by atoms with E-state index in [1.807, 2.05) is 0 Å². The van der Waals surface area contributed by atoms with E-state index in [-0.39, 0.29) is 6.42 Å². The fraction of sp³-hybridized carbons (Fsp3) is 0.292. The van der Waals surface area contributed by atoms with Crippen LogP contribution >= 0.6 is 0 Å². The van der Waals surface area contributed by atoms with Gasteiger partial charge in [0.2, 0.25) is 17.0 Å². The lowest BCUT2D eigenvalue weighted by Gasteiger charge is -2.48. The highest BCUT2D eigenvalue weighted by atomic mass is 32.2. The third-order valence-corrected chi connectivity index (χ3v) is 8.39. The molecule has 0 spiro atoms. The zero-order valence-electron chi connectivity index (χ0n) is 20.5. The fourth-order valence-corrected chi connectivity index (χ4v) is 6.05. The second-order valence-electron chi connectivity index (χ2n) is 8.51. The van der Waals surface area contributed by atoms with Gasteiger partial charge in [-0.15, -0.1) is 0 Å². The van der Waals surface area contributed by atoms with Crippen molar-refractivity contribution in [2.45, 2.75) is 30.0 Å². The number of esters is 1. The summed E-state index contributed by atoms with van der Waals surface area (Å²) in [6.45, 7) is -0.418. The van der Waals surface area contributed by atoms with E-state index >= 15 is 0 Å². The van der Waals surface area contributed by atoms with Crippen LogP contribution < -0.4 is 10.1 Å². The van der Waals surface area contributed by atoms with Crippen molar-refractivity contribution in [3.8, 4) is 5.75 Å². The lowest BCUT2D eigenvalue weighted by atomic mass is 10.0. The number of benzene rings is 2. The lowest BCUT2D eigenvalue weighted by molar-refractivity contribution is -0.154. The van der Waals surface area contributed by atoms with E-state index in [0.29, 0.717) is 21.8 Å². The van der Waals surface area contributed by atoms with Gasteiger partial charge in [0.25, 0.3) is 5.91 Å². The van der Waals surface area contributed by atoms with E-state index in [0.717, 1.165) is 0 Å². The highest BCUT2D eigenvalue weighted by molar-refractivity contribution is 7.92. The van der Waals surface area contributed by atoms with E-state index in [1.54, 1.807) is 42.5 Å². The Labute approximate surface area is 229 Å². The number of methoxy groups -OCH3 is 1. The second kappa shape index (κ2) is 11.4. The summed E-state index contributed by atoms with van der Waals surface area (Å²) in [5.74, 6) is -4.67. The number of β-lactam (4-membered cyclic amide) rings is 1. The van der Waals surface area contributed by atoms with Crippen molar-refractivity contribution < 1.29 is 54.2 Å². The van der Waals surface area contributed by atoms with E-state index in [4.69, 9.17) is 9.47 Å². The molecule has 0 saturated carbocycles. The van der Waals surface area contributed by atoms with Gasteiger partial charge in [-0.05, 0) is 34.4 Å². The monoisotopic (exact) mass is 602 g/mol. The van der Waals surface area contributed by atoms with Gasteiger partial charge in [0.15, 0.2) is 17.5 Å². The largest absolute Gasteiger partial charge is 0.614 e. The summed E-state index contributed by atoms with van der Waals surface area (Å²) in [4.78, 5) is 39.0. The van der Waals surface area contributed by atoms with Gasteiger partial charge in [-0.1, -0.05) is 42.5 Å². The minimum absolute atomic E-state index is 0.130. The molecule has 1 N–H and O–H groups in total. The van der Waals surface area contributed by atoms with E-state index in [9.17, 15) is 40.5 Å². The van der Waals surface area contributed by atoms with E-state index in [2.05, 4.69) is 9.50 Å². The Morgan fingerprint density at radius 3 is 2.35 bits per heavy atom. The van der Waals surface area contributed by atoms with Crippen molar-refractivity contribution in [1.82, 2.24) is 10.2 Å². The Hall–Kier alpha value is -3.76. The molecule has 40 heavy (non-hydrogen) atoms. The third kappa shape index (κ3) is 6.03. The molecule has 2 aromatic carbocycles. The molecule has 0 unspecified atom stereocenters. The number of rotatable bonds is 9. The van der Waals surface area contributed by atoms with Crippen molar-refractivity contribution in [3.63, 3.8) is 0 Å². The van der Waals surface area contributed by atoms with Gasteiger partial charge in [-0.3, -0.25) is 14.5 Å². The molecule has 16 heteroatoms. The van der Waals surface area contributed by atoms with Crippen LogP contribution in [0.5, 0.6) is 5.75 Å². The molecular weight excluding hydrogens is 581 g/mol. The third-order valence-electron chi connectivity index (χ3n) is 5.83. The number of carbonyl (C=O) groups is 3. The summed E-state index contributed by atoms with van der Waals surface area (Å²) in [6, 6.07) is 13.2. The van der Waals surface area contributed by atoms with Crippen LogP contribution in [0.1, 0.15) is 11.1 Å². The van der Waals surface area contributed by atoms with Crippen LogP contribution in [0, 0.1) is 0 Å². The first-order valence-electron chi connectivity index (χ1n) is 11.4. The zero-order valence-corrected chi connectivity index (χ0v) is 22.2. The van der Waals surface area contributed by atoms with Crippen LogP contribution in [0.25, 0.3) is 0 Å². The summed E-state index contributed by atoms with van der Waals surface area (Å²) in [6.07, 6.45) is -0.130. The first-order chi connectivity index (χ1) is 18.8.